The summed E-state index contributed by atoms with van der Waals surface area (Å²) in [4.78, 5) is 11.3. The van der Waals surface area contributed by atoms with Gasteiger partial charge in [-0.05, 0) is 13.0 Å². The van der Waals surface area contributed by atoms with E-state index in [2.05, 4.69) is 4.74 Å². The van der Waals surface area contributed by atoms with Crippen molar-refractivity contribution in [2.45, 2.75) is 19.6 Å². The van der Waals surface area contributed by atoms with Crippen molar-refractivity contribution >= 4 is 11.7 Å². The molecule has 4 nitrogen and oxygen atoms in total. The molecular weight excluding hydrogens is 225 g/mol. The lowest BCUT2D eigenvalue weighted by Gasteiger charge is -2.08. The van der Waals surface area contributed by atoms with E-state index in [-0.39, 0.29) is 5.69 Å². The maximum Gasteiger partial charge on any atom is 0.422 e. The molecule has 1 rings (SSSR count). The summed E-state index contributed by atoms with van der Waals surface area (Å²) >= 11 is 0. The standard InChI is InChI=1S/C9H11F3N2O2/c1-2-14-4-6(13)3-7(14)8(15)16-5-9(10,11)12/h3-4H,2,5,13H2,1H3. The first kappa shape index (κ1) is 12.4. The molecule has 0 radical (unpaired) electrons. The van der Waals surface area contributed by atoms with E-state index in [0.29, 0.717) is 12.2 Å². The van der Waals surface area contributed by atoms with Crippen molar-refractivity contribution in [1.29, 1.82) is 0 Å². The van der Waals surface area contributed by atoms with Crippen LogP contribution in [0.1, 0.15) is 17.4 Å². The number of hydrogen-bond acceptors (Lipinski definition) is 3. The summed E-state index contributed by atoms with van der Waals surface area (Å²) in [5, 5.41) is 0. The van der Waals surface area contributed by atoms with Crippen LogP contribution < -0.4 is 5.73 Å². The molecule has 0 amide bonds. The Balaban J connectivity index is 2.73. The monoisotopic (exact) mass is 236 g/mol. The lowest BCUT2D eigenvalue weighted by molar-refractivity contribution is -0.161. The summed E-state index contributed by atoms with van der Waals surface area (Å²) in [6.07, 6.45) is -3.06. The first-order valence-corrected chi connectivity index (χ1v) is 4.53. The molecule has 16 heavy (non-hydrogen) atoms. The number of ether oxygens (including phenoxy) is 1. The van der Waals surface area contributed by atoms with Crippen LogP contribution in [0.3, 0.4) is 0 Å². The molecule has 90 valence electrons. The summed E-state index contributed by atoms with van der Waals surface area (Å²) in [5.74, 6) is -1.03. The molecule has 1 aromatic heterocycles. The number of nitrogen functional groups attached to an aromatic ring is 1. The second-order valence-corrected chi connectivity index (χ2v) is 3.14. The van der Waals surface area contributed by atoms with Crippen LogP contribution in [0.2, 0.25) is 0 Å². The Morgan fingerprint density at radius 2 is 2.19 bits per heavy atom. The third kappa shape index (κ3) is 3.18. The average Bonchev–Trinajstić information content (AvgIpc) is 2.55. The van der Waals surface area contributed by atoms with Crippen molar-refractivity contribution < 1.29 is 22.7 Å². The van der Waals surface area contributed by atoms with Gasteiger partial charge in [-0.3, -0.25) is 0 Å². The normalized spacial score (nSPS) is 11.5. The second-order valence-electron chi connectivity index (χ2n) is 3.14. The largest absolute Gasteiger partial charge is 0.451 e. The van der Waals surface area contributed by atoms with Gasteiger partial charge in [0.2, 0.25) is 0 Å². The quantitative estimate of drug-likeness (QED) is 0.814. The zero-order valence-electron chi connectivity index (χ0n) is 8.54. The number of rotatable bonds is 3. The molecule has 0 fully saturated rings. The summed E-state index contributed by atoms with van der Waals surface area (Å²) in [6.45, 7) is 0.564. The van der Waals surface area contributed by atoms with Gasteiger partial charge in [0.25, 0.3) is 0 Å². The number of aromatic nitrogens is 1. The molecule has 0 bridgehead atoms. The lowest BCUT2D eigenvalue weighted by atomic mass is 10.4. The fraction of sp³-hybridized carbons (Fsp3) is 0.444. The van der Waals surface area contributed by atoms with E-state index in [1.165, 1.54) is 16.8 Å². The molecule has 0 aliphatic heterocycles. The summed E-state index contributed by atoms with van der Waals surface area (Å²) in [5.41, 5.74) is 5.75. The highest BCUT2D eigenvalue weighted by Crippen LogP contribution is 2.17. The van der Waals surface area contributed by atoms with E-state index < -0.39 is 18.8 Å². The molecule has 0 saturated heterocycles. The molecule has 1 aromatic rings. The molecule has 0 saturated carbocycles. The van der Waals surface area contributed by atoms with Gasteiger partial charge in [-0.15, -0.1) is 0 Å². The third-order valence-corrected chi connectivity index (χ3v) is 1.83. The van der Waals surface area contributed by atoms with Crippen molar-refractivity contribution in [3.05, 3.63) is 18.0 Å². The van der Waals surface area contributed by atoms with Crippen LogP contribution in [0.15, 0.2) is 12.3 Å². The minimum atomic E-state index is -4.52. The van der Waals surface area contributed by atoms with Gasteiger partial charge in [-0.2, -0.15) is 13.2 Å². The molecule has 2 N–H and O–H groups in total. The minimum Gasteiger partial charge on any atom is -0.451 e. The maximum absolute atomic E-state index is 11.8. The van der Waals surface area contributed by atoms with Gasteiger partial charge in [0.15, 0.2) is 6.61 Å². The van der Waals surface area contributed by atoms with Crippen molar-refractivity contribution in [2.75, 3.05) is 12.3 Å². The van der Waals surface area contributed by atoms with Gasteiger partial charge >= 0.3 is 12.1 Å². The molecular formula is C9H11F3N2O2. The predicted molar refractivity (Wildman–Crippen MR) is 50.9 cm³/mol. The lowest BCUT2D eigenvalue weighted by Crippen LogP contribution is -2.21. The first-order chi connectivity index (χ1) is 7.33. The van der Waals surface area contributed by atoms with Gasteiger partial charge in [-0.1, -0.05) is 0 Å². The molecule has 1 heterocycles. The highest BCUT2D eigenvalue weighted by Gasteiger charge is 2.30. The van der Waals surface area contributed by atoms with E-state index >= 15 is 0 Å². The summed E-state index contributed by atoms with van der Waals surface area (Å²) < 4.78 is 41.0. The highest BCUT2D eigenvalue weighted by atomic mass is 19.4. The van der Waals surface area contributed by atoms with Crippen molar-refractivity contribution in [2.24, 2.45) is 0 Å². The first-order valence-electron chi connectivity index (χ1n) is 4.53. The maximum atomic E-state index is 11.8. The number of aryl methyl sites for hydroxylation is 1. The third-order valence-electron chi connectivity index (χ3n) is 1.83. The molecule has 0 aromatic carbocycles. The zero-order valence-corrected chi connectivity index (χ0v) is 8.54. The molecule has 0 spiro atoms. The highest BCUT2D eigenvalue weighted by molar-refractivity contribution is 5.89. The Hall–Kier alpha value is -1.66. The van der Waals surface area contributed by atoms with Crippen molar-refractivity contribution in [3.8, 4) is 0 Å². The van der Waals surface area contributed by atoms with E-state index in [0.717, 1.165) is 0 Å². The molecule has 0 atom stereocenters. The molecule has 0 unspecified atom stereocenters. The topological polar surface area (TPSA) is 57.2 Å². The minimum absolute atomic E-state index is 0.0178. The number of carbonyl (C=O) groups is 1. The van der Waals surface area contributed by atoms with Crippen molar-refractivity contribution in [3.63, 3.8) is 0 Å². The van der Waals surface area contributed by atoms with Gasteiger partial charge < -0.3 is 15.0 Å². The van der Waals surface area contributed by atoms with Crippen LogP contribution in [0.5, 0.6) is 0 Å². The number of alkyl halides is 3. The summed E-state index contributed by atoms with van der Waals surface area (Å²) in [6, 6.07) is 1.28. The average molecular weight is 236 g/mol. The van der Waals surface area contributed by atoms with Crippen LogP contribution in [-0.4, -0.2) is 23.3 Å². The smallest absolute Gasteiger partial charge is 0.422 e. The SMILES string of the molecule is CCn1cc(N)cc1C(=O)OCC(F)(F)F. The van der Waals surface area contributed by atoms with Crippen LogP contribution in [-0.2, 0) is 11.3 Å². The fourth-order valence-electron chi connectivity index (χ4n) is 1.19. The van der Waals surface area contributed by atoms with Crippen LogP contribution in [0, 0.1) is 0 Å². The van der Waals surface area contributed by atoms with Gasteiger partial charge in [0.1, 0.15) is 5.69 Å². The Morgan fingerprint density at radius 3 is 2.69 bits per heavy atom. The number of carbonyl (C=O) groups excluding carboxylic acids is 1. The van der Waals surface area contributed by atoms with Gasteiger partial charge in [0, 0.05) is 12.7 Å². The van der Waals surface area contributed by atoms with Crippen LogP contribution in [0.4, 0.5) is 18.9 Å². The Kier molecular flexibility index (Phi) is 3.46. The Morgan fingerprint density at radius 1 is 1.56 bits per heavy atom. The second kappa shape index (κ2) is 4.46. The molecule has 7 heteroatoms. The van der Waals surface area contributed by atoms with E-state index in [9.17, 15) is 18.0 Å². The number of hydrogen-bond donors (Lipinski definition) is 1. The predicted octanol–water partition coefficient (Wildman–Crippen LogP) is 1.81. The van der Waals surface area contributed by atoms with Crippen molar-refractivity contribution in [1.82, 2.24) is 4.57 Å². The van der Waals surface area contributed by atoms with E-state index in [1.807, 2.05) is 0 Å². The molecule has 0 aliphatic carbocycles. The van der Waals surface area contributed by atoms with Crippen LogP contribution >= 0.6 is 0 Å². The van der Waals surface area contributed by atoms with Gasteiger partial charge in [0.05, 0.1) is 5.69 Å². The van der Waals surface area contributed by atoms with E-state index in [4.69, 9.17) is 5.73 Å². The number of nitrogens with two attached hydrogens (primary N) is 1. The van der Waals surface area contributed by atoms with E-state index in [1.54, 1.807) is 6.92 Å². The number of esters is 1. The number of nitrogens with zero attached hydrogens (tertiary/aromatic N) is 1. The fourth-order valence-corrected chi connectivity index (χ4v) is 1.19. The van der Waals surface area contributed by atoms with Gasteiger partial charge in [-0.25, -0.2) is 4.79 Å². The summed E-state index contributed by atoms with van der Waals surface area (Å²) in [7, 11) is 0. The Bertz CT molecular complexity index is 385. The number of anilines is 1. The van der Waals surface area contributed by atoms with Crippen LogP contribution in [0.25, 0.3) is 0 Å². The molecule has 0 aliphatic rings. The Labute approximate surface area is 89.8 Å². The zero-order chi connectivity index (χ0) is 12.3. The number of halogens is 3.